The van der Waals surface area contributed by atoms with Crippen LogP contribution in [0.15, 0.2) is 42.5 Å². The Bertz CT molecular complexity index is 732. The van der Waals surface area contributed by atoms with E-state index in [0.717, 1.165) is 18.0 Å². The molecule has 1 saturated heterocycles. The number of carbonyl (C=O) groups is 1. The van der Waals surface area contributed by atoms with Crippen molar-refractivity contribution in [2.75, 3.05) is 27.2 Å². The van der Waals surface area contributed by atoms with Crippen LogP contribution in [0.2, 0.25) is 0 Å². The second-order valence-electron chi connectivity index (χ2n) is 6.96. The molecule has 1 aliphatic rings. The molecule has 2 aromatic rings. The monoisotopic (exact) mass is 338 g/mol. The minimum atomic E-state index is -0.00463. The summed E-state index contributed by atoms with van der Waals surface area (Å²) in [4.78, 5) is 16.0. The van der Waals surface area contributed by atoms with E-state index in [1.165, 1.54) is 37.1 Å². The van der Waals surface area contributed by atoms with Crippen LogP contribution in [0.5, 0.6) is 11.5 Å². The molecule has 0 unspecified atom stereocenters. The molecule has 1 fully saturated rings. The fourth-order valence-electron chi connectivity index (χ4n) is 3.23. The Morgan fingerprint density at radius 2 is 1.72 bits per heavy atom. The zero-order valence-electron chi connectivity index (χ0n) is 15.3. The SMILES string of the molecule is Cc1cc(CN2CCCC2)cc(Oc2ccc(C(=O)N(C)C)cc2)c1. The maximum Gasteiger partial charge on any atom is 0.253 e. The summed E-state index contributed by atoms with van der Waals surface area (Å²) < 4.78 is 6.02. The predicted molar refractivity (Wildman–Crippen MR) is 100 cm³/mol. The van der Waals surface area contributed by atoms with Crippen molar-refractivity contribution in [2.45, 2.75) is 26.3 Å². The summed E-state index contributed by atoms with van der Waals surface area (Å²) in [5.41, 5.74) is 3.15. The van der Waals surface area contributed by atoms with Gasteiger partial charge < -0.3 is 9.64 Å². The van der Waals surface area contributed by atoms with Gasteiger partial charge in [0.1, 0.15) is 11.5 Å². The first kappa shape index (κ1) is 17.5. The fraction of sp³-hybridized carbons (Fsp3) is 0.381. The van der Waals surface area contributed by atoms with Crippen molar-refractivity contribution in [2.24, 2.45) is 0 Å². The van der Waals surface area contributed by atoms with E-state index in [2.05, 4.69) is 24.0 Å². The molecule has 0 spiro atoms. The molecule has 1 amide bonds. The van der Waals surface area contributed by atoms with Crippen LogP contribution in [0, 0.1) is 6.92 Å². The topological polar surface area (TPSA) is 32.8 Å². The number of likely N-dealkylation sites (tertiary alicyclic amines) is 1. The summed E-state index contributed by atoms with van der Waals surface area (Å²) in [6.07, 6.45) is 2.60. The third-order valence-electron chi connectivity index (χ3n) is 4.46. The zero-order valence-corrected chi connectivity index (χ0v) is 15.3. The first-order valence-corrected chi connectivity index (χ1v) is 8.84. The highest BCUT2D eigenvalue weighted by atomic mass is 16.5. The number of nitrogens with zero attached hydrogens (tertiary/aromatic N) is 2. The molecule has 0 atom stereocenters. The number of hydrogen-bond donors (Lipinski definition) is 0. The Morgan fingerprint density at radius 3 is 2.36 bits per heavy atom. The summed E-state index contributed by atoms with van der Waals surface area (Å²) in [5, 5.41) is 0. The number of aryl methyl sites for hydroxylation is 1. The maximum absolute atomic E-state index is 11.9. The van der Waals surface area contributed by atoms with Crippen molar-refractivity contribution in [3.05, 3.63) is 59.2 Å². The highest BCUT2D eigenvalue weighted by Gasteiger charge is 2.13. The van der Waals surface area contributed by atoms with E-state index in [1.807, 2.05) is 18.2 Å². The summed E-state index contributed by atoms with van der Waals surface area (Å²) in [6, 6.07) is 13.7. The fourth-order valence-corrected chi connectivity index (χ4v) is 3.23. The van der Waals surface area contributed by atoms with Crippen molar-refractivity contribution in [3.8, 4) is 11.5 Å². The lowest BCUT2D eigenvalue weighted by atomic mass is 10.1. The number of ether oxygens (including phenoxy) is 1. The molecule has 1 aliphatic heterocycles. The predicted octanol–water partition coefficient (Wildman–Crippen LogP) is 4.08. The number of hydrogen-bond acceptors (Lipinski definition) is 3. The molecular formula is C21H26N2O2. The van der Waals surface area contributed by atoms with Crippen LogP contribution in [-0.2, 0) is 6.54 Å². The summed E-state index contributed by atoms with van der Waals surface area (Å²) in [7, 11) is 3.50. The zero-order chi connectivity index (χ0) is 17.8. The molecule has 25 heavy (non-hydrogen) atoms. The molecule has 0 radical (unpaired) electrons. The van der Waals surface area contributed by atoms with Gasteiger partial charge in [-0.25, -0.2) is 0 Å². The number of rotatable bonds is 5. The van der Waals surface area contributed by atoms with E-state index in [-0.39, 0.29) is 5.91 Å². The van der Waals surface area contributed by atoms with Gasteiger partial charge >= 0.3 is 0 Å². The molecule has 0 bridgehead atoms. The van der Waals surface area contributed by atoms with Gasteiger partial charge in [-0.3, -0.25) is 9.69 Å². The Hall–Kier alpha value is -2.33. The van der Waals surface area contributed by atoms with Crippen LogP contribution in [0.4, 0.5) is 0 Å². The van der Waals surface area contributed by atoms with Crippen LogP contribution in [0.25, 0.3) is 0 Å². The van der Waals surface area contributed by atoms with Crippen LogP contribution >= 0.6 is 0 Å². The highest BCUT2D eigenvalue weighted by Crippen LogP contribution is 2.25. The van der Waals surface area contributed by atoms with Gasteiger partial charge in [0.15, 0.2) is 0 Å². The van der Waals surface area contributed by atoms with Crippen molar-refractivity contribution < 1.29 is 9.53 Å². The van der Waals surface area contributed by atoms with Gasteiger partial charge in [-0.05, 0) is 80.4 Å². The van der Waals surface area contributed by atoms with Crippen molar-refractivity contribution in [3.63, 3.8) is 0 Å². The van der Waals surface area contributed by atoms with E-state index in [0.29, 0.717) is 5.56 Å². The second-order valence-corrected chi connectivity index (χ2v) is 6.96. The Labute approximate surface area is 150 Å². The van der Waals surface area contributed by atoms with Crippen LogP contribution in [0.3, 0.4) is 0 Å². The van der Waals surface area contributed by atoms with Gasteiger partial charge in [0.25, 0.3) is 5.91 Å². The lowest BCUT2D eigenvalue weighted by Gasteiger charge is -2.16. The van der Waals surface area contributed by atoms with Crippen molar-refractivity contribution in [1.82, 2.24) is 9.80 Å². The van der Waals surface area contributed by atoms with Crippen LogP contribution in [0.1, 0.15) is 34.3 Å². The van der Waals surface area contributed by atoms with E-state index >= 15 is 0 Å². The van der Waals surface area contributed by atoms with Gasteiger partial charge in [0.05, 0.1) is 0 Å². The summed E-state index contributed by atoms with van der Waals surface area (Å²) >= 11 is 0. The Kier molecular flexibility index (Phi) is 5.39. The minimum Gasteiger partial charge on any atom is -0.457 e. The van der Waals surface area contributed by atoms with Gasteiger partial charge in [-0.1, -0.05) is 6.07 Å². The van der Waals surface area contributed by atoms with E-state index in [4.69, 9.17) is 4.74 Å². The van der Waals surface area contributed by atoms with Gasteiger partial charge in [0, 0.05) is 26.2 Å². The molecule has 1 heterocycles. The maximum atomic E-state index is 11.9. The lowest BCUT2D eigenvalue weighted by molar-refractivity contribution is 0.0827. The molecule has 3 rings (SSSR count). The number of amides is 1. The molecule has 4 nitrogen and oxygen atoms in total. The molecule has 2 aromatic carbocycles. The standard InChI is InChI=1S/C21H26N2O2/c1-16-12-17(15-23-10-4-5-11-23)14-20(13-16)25-19-8-6-18(7-9-19)21(24)22(2)3/h6-9,12-14H,4-5,10-11,15H2,1-3H3. The third-order valence-corrected chi connectivity index (χ3v) is 4.46. The van der Waals surface area contributed by atoms with Crippen molar-refractivity contribution in [1.29, 1.82) is 0 Å². The summed E-state index contributed by atoms with van der Waals surface area (Å²) in [6.45, 7) is 5.45. The molecule has 0 saturated carbocycles. The molecule has 0 aliphatic carbocycles. The van der Waals surface area contributed by atoms with Crippen molar-refractivity contribution >= 4 is 5.91 Å². The van der Waals surface area contributed by atoms with Gasteiger partial charge in [0.2, 0.25) is 0 Å². The summed E-state index contributed by atoms with van der Waals surface area (Å²) in [5.74, 6) is 1.59. The Morgan fingerprint density at radius 1 is 1.04 bits per heavy atom. The van der Waals surface area contributed by atoms with Gasteiger partial charge in [-0.2, -0.15) is 0 Å². The van der Waals surface area contributed by atoms with E-state index in [9.17, 15) is 4.79 Å². The molecule has 132 valence electrons. The normalized spacial score (nSPS) is 14.5. The first-order chi connectivity index (χ1) is 12.0. The third kappa shape index (κ3) is 4.60. The smallest absolute Gasteiger partial charge is 0.253 e. The average Bonchev–Trinajstić information content (AvgIpc) is 3.07. The number of benzene rings is 2. The molecule has 0 N–H and O–H groups in total. The molecule has 4 heteroatoms. The number of carbonyl (C=O) groups excluding carboxylic acids is 1. The van der Waals surface area contributed by atoms with E-state index < -0.39 is 0 Å². The van der Waals surface area contributed by atoms with Gasteiger partial charge in [-0.15, -0.1) is 0 Å². The second kappa shape index (κ2) is 7.70. The quantitative estimate of drug-likeness (QED) is 0.823. The average molecular weight is 338 g/mol. The Balaban J connectivity index is 1.71. The van der Waals surface area contributed by atoms with Crippen LogP contribution < -0.4 is 4.74 Å². The van der Waals surface area contributed by atoms with Crippen LogP contribution in [-0.4, -0.2) is 42.9 Å². The first-order valence-electron chi connectivity index (χ1n) is 8.84. The molecular weight excluding hydrogens is 312 g/mol. The lowest BCUT2D eigenvalue weighted by Crippen LogP contribution is -2.21. The largest absolute Gasteiger partial charge is 0.457 e. The highest BCUT2D eigenvalue weighted by molar-refractivity contribution is 5.93. The molecule has 0 aromatic heterocycles. The van der Waals surface area contributed by atoms with E-state index in [1.54, 1.807) is 31.1 Å². The minimum absolute atomic E-state index is 0.00463.